The van der Waals surface area contributed by atoms with Crippen LogP contribution in [-0.4, -0.2) is 18.9 Å². The smallest absolute Gasteiger partial charge is 0.163 e. The van der Waals surface area contributed by atoms with Crippen molar-refractivity contribution in [3.8, 4) is 0 Å². The summed E-state index contributed by atoms with van der Waals surface area (Å²) in [5, 5.41) is 3.31. The lowest BCUT2D eigenvalue weighted by molar-refractivity contribution is -0.115. The number of rotatable bonds is 1. The van der Waals surface area contributed by atoms with Gasteiger partial charge in [-0.25, -0.2) is 4.39 Å². The number of carbonyl (C=O) groups excluding carboxylic acids is 1. The van der Waals surface area contributed by atoms with Crippen LogP contribution < -0.4 is 5.32 Å². The first-order valence-corrected chi connectivity index (χ1v) is 6.48. The Bertz CT molecular complexity index is 515. The molecular weight excluding hydrogens is 229 g/mol. The van der Waals surface area contributed by atoms with Gasteiger partial charge in [-0.15, -0.1) is 0 Å². The first kappa shape index (κ1) is 11.6. The highest BCUT2D eigenvalue weighted by Crippen LogP contribution is 2.30. The summed E-state index contributed by atoms with van der Waals surface area (Å²) in [6.45, 7) is 1.96. The normalized spacial score (nSPS) is 20.5. The molecule has 1 N–H and O–H groups in total. The van der Waals surface area contributed by atoms with Crippen LogP contribution in [-0.2, 0) is 11.2 Å². The minimum atomic E-state index is -0.264. The van der Waals surface area contributed by atoms with Crippen LogP contribution in [0.25, 0.3) is 6.08 Å². The van der Waals surface area contributed by atoms with Crippen LogP contribution >= 0.6 is 0 Å². The number of hydrogen-bond acceptors (Lipinski definition) is 2. The Morgan fingerprint density at radius 1 is 1.22 bits per heavy atom. The van der Waals surface area contributed by atoms with E-state index in [1.165, 1.54) is 12.1 Å². The number of halogens is 1. The molecule has 1 aromatic carbocycles. The number of Topliss-reactive ketones (excluding diaryl/α,β-unsaturated/α-hetero) is 1. The fourth-order valence-electron chi connectivity index (χ4n) is 2.87. The van der Waals surface area contributed by atoms with Crippen molar-refractivity contribution < 1.29 is 9.18 Å². The lowest BCUT2D eigenvalue weighted by atomic mass is 9.81. The average Bonchev–Trinajstić information content (AvgIpc) is 2.39. The number of hydrogen-bond donors (Lipinski definition) is 1. The van der Waals surface area contributed by atoms with E-state index in [4.69, 9.17) is 0 Å². The Morgan fingerprint density at radius 3 is 2.78 bits per heavy atom. The summed E-state index contributed by atoms with van der Waals surface area (Å²) < 4.78 is 13.1. The second kappa shape index (κ2) is 4.65. The van der Waals surface area contributed by atoms with E-state index in [0.29, 0.717) is 12.3 Å². The van der Waals surface area contributed by atoms with Crippen molar-refractivity contribution in [1.29, 1.82) is 0 Å². The highest BCUT2D eigenvalue weighted by Gasteiger charge is 2.26. The number of allylic oxidation sites excluding steroid dienone is 1. The van der Waals surface area contributed by atoms with Gasteiger partial charge in [0.2, 0.25) is 0 Å². The Kier molecular flexibility index (Phi) is 3.00. The van der Waals surface area contributed by atoms with Crippen LogP contribution in [0.5, 0.6) is 0 Å². The Labute approximate surface area is 106 Å². The number of nitrogens with one attached hydrogen (secondary N) is 1. The molecule has 0 spiro atoms. The van der Waals surface area contributed by atoms with Crippen LogP contribution in [0.3, 0.4) is 0 Å². The van der Waals surface area contributed by atoms with Crippen molar-refractivity contribution in [2.24, 2.45) is 5.92 Å². The molecule has 0 aromatic heterocycles. The Morgan fingerprint density at radius 2 is 2.00 bits per heavy atom. The largest absolute Gasteiger partial charge is 0.317 e. The summed E-state index contributed by atoms with van der Waals surface area (Å²) in [5.74, 6) is 0.275. The van der Waals surface area contributed by atoms with E-state index in [9.17, 15) is 9.18 Å². The van der Waals surface area contributed by atoms with Gasteiger partial charge >= 0.3 is 0 Å². The van der Waals surface area contributed by atoms with Gasteiger partial charge in [-0.3, -0.25) is 4.79 Å². The summed E-state index contributed by atoms with van der Waals surface area (Å²) >= 11 is 0. The third kappa shape index (κ3) is 2.10. The predicted molar refractivity (Wildman–Crippen MR) is 68.7 cm³/mol. The second-order valence-corrected chi connectivity index (χ2v) is 5.07. The minimum absolute atomic E-state index is 0.167. The second-order valence-electron chi connectivity index (χ2n) is 5.07. The fourth-order valence-corrected chi connectivity index (χ4v) is 2.87. The summed E-state index contributed by atoms with van der Waals surface area (Å²) in [7, 11) is 0. The monoisotopic (exact) mass is 245 g/mol. The van der Waals surface area contributed by atoms with Gasteiger partial charge in [-0.1, -0.05) is 6.07 Å². The van der Waals surface area contributed by atoms with Crippen LogP contribution in [0, 0.1) is 11.7 Å². The van der Waals surface area contributed by atoms with Crippen LogP contribution in [0.15, 0.2) is 23.8 Å². The van der Waals surface area contributed by atoms with E-state index in [1.54, 1.807) is 6.07 Å². The first-order valence-electron chi connectivity index (χ1n) is 6.48. The van der Waals surface area contributed by atoms with Crippen molar-refractivity contribution >= 4 is 11.9 Å². The van der Waals surface area contributed by atoms with Crippen molar-refractivity contribution in [3.63, 3.8) is 0 Å². The first-order chi connectivity index (χ1) is 8.74. The van der Waals surface area contributed by atoms with Gasteiger partial charge < -0.3 is 5.32 Å². The number of piperidine rings is 1. The molecular formula is C15H16FNO. The molecule has 94 valence electrons. The molecule has 1 fully saturated rings. The lowest BCUT2D eigenvalue weighted by Gasteiger charge is -2.27. The summed E-state index contributed by atoms with van der Waals surface area (Å²) in [6, 6.07) is 4.71. The minimum Gasteiger partial charge on any atom is -0.317 e. The summed E-state index contributed by atoms with van der Waals surface area (Å²) in [5.41, 5.74) is 2.76. The van der Waals surface area contributed by atoms with Crippen molar-refractivity contribution in [2.45, 2.75) is 19.3 Å². The van der Waals surface area contributed by atoms with E-state index >= 15 is 0 Å². The van der Waals surface area contributed by atoms with Crippen LogP contribution in [0.2, 0.25) is 0 Å². The molecule has 0 radical (unpaired) electrons. The molecule has 1 heterocycles. The summed E-state index contributed by atoms with van der Waals surface area (Å²) in [6.07, 6.45) is 4.36. The number of fused-ring (bicyclic) bond motifs is 1. The maximum absolute atomic E-state index is 13.1. The van der Waals surface area contributed by atoms with Gasteiger partial charge in [-0.05, 0) is 66.8 Å². The van der Waals surface area contributed by atoms with Crippen molar-refractivity contribution in [1.82, 2.24) is 5.32 Å². The van der Waals surface area contributed by atoms with Gasteiger partial charge in [0.15, 0.2) is 5.78 Å². The molecule has 1 aliphatic carbocycles. The summed E-state index contributed by atoms with van der Waals surface area (Å²) in [4.78, 5) is 12.2. The van der Waals surface area contributed by atoms with Gasteiger partial charge in [0.05, 0.1) is 0 Å². The maximum atomic E-state index is 13.1. The Hall–Kier alpha value is -1.48. The molecule has 3 rings (SSSR count). The van der Waals surface area contributed by atoms with Crippen LogP contribution in [0.1, 0.15) is 24.0 Å². The predicted octanol–water partition coefficient (Wildman–Crippen LogP) is 2.33. The van der Waals surface area contributed by atoms with E-state index in [0.717, 1.165) is 42.6 Å². The molecule has 0 atom stereocenters. The molecule has 1 saturated heterocycles. The quantitative estimate of drug-likeness (QED) is 0.822. The molecule has 3 heteroatoms. The lowest BCUT2D eigenvalue weighted by Crippen LogP contribution is -2.31. The highest BCUT2D eigenvalue weighted by atomic mass is 19.1. The molecule has 18 heavy (non-hydrogen) atoms. The topological polar surface area (TPSA) is 29.1 Å². The zero-order chi connectivity index (χ0) is 12.5. The standard InChI is InChI=1S/C15H16FNO/c16-13-2-1-11-8-14(10-3-5-17-6-4-10)15(18)9-12(11)7-13/h1-2,7-8,10,17H,3-6,9H2. The van der Waals surface area contributed by atoms with Crippen molar-refractivity contribution in [3.05, 3.63) is 40.7 Å². The molecule has 2 nitrogen and oxygen atoms in total. The average molecular weight is 245 g/mol. The maximum Gasteiger partial charge on any atom is 0.163 e. The van der Waals surface area contributed by atoms with E-state index in [2.05, 4.69) is 5.32 Å². The highest BCUT2D eigenvalue weighted by molar-refractivity contribution is 6.04. The zero-order valence-corrected chi connectivity index (χ0v) is 10.2. The van der Waals surface area contributed by atoms with Gasteiger partial charge in [0, 0.05) is 6.42 Å². The third-order valence-corrected chi connectivity index (χ3v) is 3.87. The van der Waals surface area contributed by atoms with E-state index in [1.807, 2.05) is 6.08 Å². The SMILES string of the molecule is O=C1Cc2cc(F)ccc2C=C1C1CCNCC1. The number of benzene rings is 1. The molecule has 1 aromatic rings. The van der Waals surface area contributed by atoms with E-state index < -0.39 is 0 Å². The van der Waals surface area contributed by atoms with Crippen molar-refractivity contribution in [2.75, 3.05) is 13.1 Å². The molecule has 0 bridgehead atoms. The fraction of sp³-hybridized carbons (Fsp3) is 0.400. The number of carbonyl (C=O) groups is 1. The van der Waals surface area contributed by atoms with E-state index in [-0.39, 0.29) is 11.6 Å². The molecule has 2 aliphatic rings. The van der Waals surface area contributed by atoms with Gasteiger partial charge in [-0.2, -0.15) is 0 Å². The zero-order valence-electron chi connectivity index (χ0n) is 10.2. The van der Waals surface area contributed by atoms with Crippen LogP contribution in [0.4, 0.5) is 4.39 Å². The Balaban J connectivity index is 1.95. The third-order valence-electron chi connectivity index (χ3n) is 3.87. The molecule has 0 saturated carbocycles. The number of ketones is 1. The molecule has 0 unspecified atom stereocenters. The van der Waals surface area contributed by atoms with Gasteiger partial charge in [0.25, 0.3) is 0 Å². The van der Waals surface area contributed by atoms with Gasteiger partial charge in [0.1, 0.15) is 5.82 Å². The molecule has 1 aliphatic heterocycles. The molecule has 0 amide bonds.